The van der Waals surface area contributed by atoms with Crippen LogP contribution in [0.5, 0.6) is 0 Å². The molecular formula is C26H35ClO7. The Bertz CT molecular complexity index is 943. The highest BCUT2D eigenvalue weighted by Gasteiger charge is 2.71. The van der Waals surface area contributed by atoms with Crippen LogP contribution in [0.3, 0.4) is 0 Å². The number of ketones is 2. The van der Waals surface area contributed by atoms with Gasteiger partial charge in [-0.05, 0) is 67.3 Å². The van der Waals surface area contributed by atoms with E-state index in [-0.39, 0.29) is 48.7 Å². The van der Waals surface area contributed by atoms with E-state index in [9.17, 15) is 29.4 Å². The molecule has 8 atom stereocenters. The number of alkyl halides is 1. The van der Waals surface area contributed by atoms with Crippen molar-refractivity contribution >= 4 is 35.1 Å². The number of aliphatic hydroxyl groups excluding tert-OH is 1. The molecule has 0 heterocycles. The Morgan fingerprint density at radius 2 is 1.94 bits per heavy atom. The van der Waals surface area contributed by atoms with Gasteiger partial charge in [-0.15, -0.1) is 11.6 Å². The minimum atomic E-state index is -1.56. The van der Waals surface area contributed by atoms with Crippen molar-refractivity contribution < 1.29 is 34.1 Å². The highest BCUT2D eigenvalue weighted by molar-refractivity contribution is 6.18. The van der Waals surface area contributed by atoms with E-state index in [0.29, 0.717) is 18.7 Å². The summed E-state index contributed by atoms with van der Waals surface area (Å²) in [5.74, 6) is -2.15. The summed E-state index contributed by atoms with van der Waals surface area (Å²) in [4.78, 5) is 49.6. The summed E-state index contributed by atoms with van der Waals surface area (Å²) in [6, 6.07) is 0. The standard InChI is InChI=1S/C26H35ClO7/c1-4-22(33)34-26(20(30)11-21(31)32)8-7-18-17-6-5-14-9-16(28)10-15(13-27)25(14,3)23(17)19(29)12-24(18,26)2/h9,15,17-19,23,29H,4-8,10-13H2,1-3H3,(H,31,32)/t15?,17?,18-,19-,23?,24?,25?,26-/m0/s1. The predicted octanol–water partition coefficient (Wildman–Crippen LogP) is 3.69. The summed E-state index contributed by atoms with van der Waals surface area (Å²) in [7, 11) is 0. The zero-order chi connectivity index (χ0) is 25.1. The fourth-order valence-corrected chi connectivity index (χ4v) is 8.74. The second-order valence-corrected chi connectivity index (χ2v) is 11.5. The molecule has 2 N–H and O–H groups in total. The quantitative estimate of drug-likeness (QED) is 0.328. The molecule has 7 nitrogen and oxygen atoms in total. The number of esters is 1. The van der Waals surface area contributed by atoms with Gasteiger partial charge >= 0.3 is 11.9 Å². The maximum absolute atomic E-state index is 13.4. The van der Waals surface area contributed by atoms with Gasteiger partial charge in [0.15, 0.2) is 17.2 Å². The number of aliphatic carboxylic acids is 1. The number of carbonyl (C=O) groups is 4. The number of allylic oxidation sites excluding steroid dienone is 1. The number of rotatable bonds is 6. The molecule has 0 aromatic carbocycles. The molecule has 4 aliphatic carbocycles. The van der Waals surface area contributed by atoms with Crippen LogP contribution >= 0.6 is 11.6 Å². The van der Waals surface area contributed by atoms with Crippen LogP contribution in [0.15, 0.2) is 11.6 Å². The molecule has 3 fully saturated rings. The highest BCUT2D eigenvalue weighted by Crippen LogP contribution is 2.69. The van der Waals surface area contributed by atoms with E-state index in [4.69, 9.17) is 16.3 Å². The van der Waals surface area contributed by atoms with Gasteiger partial charge in [-0.2, -0.15) is 0 Å². The fourth-order valence-electron chi connectivity index (χ4n) is 8.31. The number of carbonyl (C=O) groups excluding carboxylic acids is 3. The first kappa shape index (κ1) is 25.4. The van der Waals surface area contributed by atoms with Crippen molar-refractivity contribution in [2.24, 2.45) is 34.5 Å². The summed E-state index contributed by atoms with van der Waals surface area (Å²) < 4.78 is 5.86. The smallest absolute Gasteiger partial charge is 0.311 e. The lowest BCUT2D eigenvalue weighted by molar-refractivity contribution is -0.203. The van der Waals surface area contributed by atoms with Crippen LogP contribution in [-0.2, 0) is 23.9 Å². The molecule has 0 amide bonds. The van der Waals surface area contributed by atoms with Gasteiger partial charge in [0.1, 0.15) is 6.42 Å². The molecule has 8 heteroatoms. The molecule has 3 saturated carbocycles. The number of aliphatic hydroxyl groups is 1. The first-order valence-corrected chi connectivity index (χ1v) is 12.9. The molecule has 4 rings (SSSR count). The van der Waals surface area contributed by atoms with Gasteiger partial charge in [0.25, 0.3) is 0 Å². The molecule has 0 aromatic rings. The van der Waals surface area contributed by atoms with Crippen LogP contribution in [-0.4, -0.2) is 51.3 Å². The first-order chi connectivity index (χ1) is 15.9. The Morgan fingerprint density at radius 1 is 1.24 bits per heavy atom. The number of fused-ring (bicyclic) bond motifs is 5. The van der Waals surface area contributed by atoms with E-state index in [1.165, 1.54) is 0 Å². The molecule has 34 heavy (non-hydrogen) atoms. The van der Waals surface area contributed by atoms with Gasteiger partial charge in [0.05, 0.1) is 6.10 Å². The van der Waals surface area contributed by atoms with Crippen LogP contribution in [0, 0.1) is 34.5 Å². The Morgan fingerprint density at radius 3 is 2.56 bits per heavy atom. The maximum atomic E-state index is 13.4. The fraction of sp³-hybridized carbons (Fsp3) is 0.769. The Balaban J connectivity index is 1.78. The second-order valence-electron chi connectivity index (χ2n) is 11.2. The van der Waals surface area contributed by atoms with Gasteiger partial charge in [-0.1, -0.05) is 26.3 Å². The highest BCUT2D eigenvalue weighted by atomic mass is 35.5. The Kier molecular flexibility index (Phi) is 6.52. The summed E-state index contributed by atoms with van der Waals surface area (Å²) in [5.41, 5.74) is -1.79. The third-order valence-electron chi connectivity index (χ3n) is 9.86. The van der Waals surface area contributed by atoms with E-state index in [2.05, 4.69) is 6.92 Å². The molecular weight excluding hydrogens is 460 g/mol. The number of ether oxygens (including phenoxy) is 1. The topological polar surface area (TPSA) is 118 Å². The van der Waals surface area contributed by atoms with Crippen molar-refractivity contribution in [3.63, 3.8) is 0 Å². The number of carboxylic acid groups (broad SMARTS) is 1. The number of hydrogen-bond donors (Lipinski definition) is 2. The number of Topliss-reactive ketones (excluding diaryl/α,β-unsaturated/α-hetero) is 1. The molecule has 0 bridgehead atoms. The van der Waals surface area contributed by atoms with Gasteiger partial charge in [-0.3, -0.25) is 19.2 Å². The molecule has 0 aliphatic heterocycles. The molecule has 5 unspecified atom stereocenters. The third-order valence-corrected chi connectivity index (χ3v) is 10.2. The van der Waals surface area contributed by atoms with Crippen molar-refractivity contribution in [3.8, 4) is 0 Å². The zero-order valence-electron chi connectivity index (χ0n) is 20.1. The molecule has 0 radical (unpaired) electrons. The number of carboxylic acids is 1. The Hall–Kier alpha value is -1.73. The predicted molar refractivity (Wildman–Crippen MR) is 124 cm³/mol. The van der Waals surface area contributed by atoms with Crippen molar-refractivity contribution in [3.05, 3.63) is 11.6 Å². The molecule has 188 valence electrons. The zero-order valence-corrected chi connectivity index (χ0v) is 20.9. The van der Waals surface area contributed by atoms with Crippen LogP contribution in [0.1, 0.15) is 72.1 Å². The van der Waals surface area contributed by atoms with Gasteiger partial charge in [-0.25, -0.2) is 0 Å². The lowest BCUT2D eigenvalue weighted by atomic mass is 9.43. The third kappa shape index (κ3) is 3.48. The number of halogens is 1. The van der Waals surface area contributed by atoms with E-state index in [0.717, 1.165) is 18.4 Å². The summed E-state index contributed by atoms with van der Waals surface area (Å²) in [5, 5.41) is 21.0. The normalized spacial score (nSPS) is 43.3. The van der Waals surface area contributed by atoms with E-state index < -0.39 is 46.7 Å². The van der Waals surface area contributed by atoms with Gasteiger partial charge < -0.3 is 14.9 Å². The Labute approximate surface area is 205 Å². The molecule has 0 saturated heterocycles. The minimum absolute atomic E-state index is 0.0183. The molecule has 0 spiro atoms. The van der Waals surface area contributed by atoms with Crippen molar-refractivity contribution in [2.45, 2.75) is 83.8 Å². The van der Waals surface area contributed by atoms with Crippen molar-refractivity contribution in [1.82, 2.24) is 0 Å². The lowest BCUT2D eigenvalue weighted by Crippen LogP contribution is -2.64. The van der Waals surface area contributed by atoms with Gasteiger partial charge in [0.2, 0.25) is 0 Å². The van der Waals surface area contributed by atoms with E-state index in [1.807, 2.05) is 6.92 Å². The summed E-state index contributed by atoms with van der Waals surface area (Å²) in [6.07, 6.45) is 3.26. The number of hydrogen-bond acceptors (Lipinski definition) is 6. The van der Waals surface area contributed by atoms with Gasteiger partial charge in [0, 0.05) is 24.1 Å². The van der Waals surface area contributed by atoms with Crippen LogP contribution in [0.25, 0.3) is 0 Å². The largest absolute Gasteiger partial charge is 0.481 e. The maximum Gasteiger partial charge on any atom is 0.311 e. The van der Waals surface area contributed by atoms with E-state index in [1.54, 1.807) is 13.0 Å². The summed E-state index contributed by atoms with van der Waals surface area (Å²) in [6.45, 7) is 5.66. The van der Waals surface area contributed by atoms with Crippen LogP contribution in [0.4, 0.5) is 0 Å². The minimum Gasteiger partial charge on any atom is -0.481 e. The average Bonchev–Trinajstić information content (AvgIpc) is 3.05. The van der Waals surface area contributed by atoms with Crippen LogP contribution in [0.2, 0.25) is 0 Å². The molecule has 0 aromatic heterocycles. The summed E-state index contributed by atoms with van der Waals surface area (Å²) >= 11 is 6.36. The first-order valence-electron chi connectivity index (χ1n) is 12.4. The monoisotopic (exact) mass is 494 g/mol. The van der Waals surface area contributed by atoms with Crippen molar-refractivity contribution in [1.29, 1.82) is 0 Å². The van der Waals surface area contributed by atoms with E-state index >= 15 is 0 Å². The molecule has 4 aliphatic rings. The SMILES string of the molecule is CCC(=O)O[C@]1(C(=O)CC(=O)O)CC[C@H]2C3CCC4=CC(=O)CC(CCl)C4(C)C3[C@@H](O)CC21C. The van der Waals surface area contributed by atoms with Crippen molar-refractivity contribution in [2.75, 3.05) is 5.88 Å². The average molecular weight is 495 g/mol. The second kappa shape index (κ2) is 8.74. The van der Waals surface area contributed by atoms with Crippen LogP contribution < -0.4 is 0 Å². The lowest BCUT2D eigenvalue weighted by Gasteiger charge is -2.62.